The first-order chi connectivity index (χ1) is 8.63. The van der Waals surface area contributed by atoms with E-state index in [-0.39, 0.29) is 17.2 Å². The number of halogens is 2. The van der Waals surface area contributed by atoms with Crippen LogP contribution in [0.1, 0.15) is 31.7 Å². The normalized spacial score (nSPS) is 20.0. The monoisotopic (exact) mass is 292 g/mol. The van der Waals surface area contributed by atoms with Gasteiger partial charge >= 0.3 is 5.25 Å². The summed E-state index contributed by atoms with van der Waals surface area (Å²) in [7, 11) is -1.20. The fourth-order valence-corrected chi connectivity index (χ4v) is 2.95. The summed E-state index contributed by atoms with van der Waals surface area (Å²) in [6.07, 6.45) is 0.0918. The lowest BCUT2D eigenvalue weighted by molar-refractivity contribution is 0.0123. The standard InChI is InChI=1S/C10H14F2N4O2S/c1-6-8(14-16(4)13-6)10(11,12)19(17)7-5-9(2,3)18-15-7/h5H2,1-4H3. The molecule has 1 aromatic rings. The number of nitrogens with zero attached hydrogens (tertiary/aromatic N) is 4. The van der Waals surface area contributed by atoms with Gasteiger partial charge in [0.05, 0.1) is 5.69 Å². The van der Waals surface area contributed by atoms with E-state index in [1.807, 2.05) is 0 Å². The molecule has 0 aliphatic carbocycles. The molecule has 0 saturated heterocycles. The van der Waals surface area contributed by atoms with Gasteiger partial charge in [-0.1, -0.05) is 5.16 Å². The number of rotatable bonds is 2. The Morgan fingerprint density at radius 2 is 2.05 bits per heavy atom. The van der Waals surface area contributed by atoms with Crippen LogP contribution in [0.2, 0.25) is 0 Å². The average molecular weight is 292 g/mol. The Morgan fingerprint density at radius 3 is 2.47 bits per heavy atom. The third kappa shape index (κ3) is 2.51. The lowest BCUT2D eigenvalue weighted by Crippen LogP contribution is -2.29. The average Bonchev–Trinajstić information content (AvgIpc) is 2.80. The van der Waals surface area contributed by atoms with Crippen molar-refractivity contribution < 1.29 is 17.8 Å². The van der Waals surface area contributed by atoms with Gasteiger partial charge in [0.1, 0.15) is 16.4 Å². The molecule has 106 valence electrons. The molecule has 1 aliphatic rings. The van der Waals surface area contributed by atoms with Crippen LogP contribution in [0.3, 0.4) is 0 Å². The van der Waals surface area contributed by atoms with Gasteiger partial charge in [-0.05, 0) is 20.8 Å². The van der Waals surface area contributed by atoms with Crippen molar-refractivity contribution in [3.63, 3.8) is 0 Å². The summed E-state index contributed by atoms with van der Waals surface area (Å²) in [5.41, 5.74) is -1.27. The van der Waals surface area contributed by atoms with Crippen LogP contribution in [0.4, 0.5) is 8.78 Å². The van der Waals surface area contributed by atoms with Crippen molar-refractivity contribution in [2.75, 3.05) is 0 Å². The molecule has 0 radical (unpaired) electrons. The largest absolute Gasteiger partial charge is 0.389 e. The molecule has 0 amide bonds. The number of aryl methyl sites for hydroxylation is 2. The van der Waals surface area contributed by atoms with E-state index in [1.165, 1.54) is 14.0 Å². The van der Waals surface area contributed by atoms with Crippen LogP contribution < -0.4 is 0 Å². The van der Waals surface area contributed by atoms with E-state index in [4.69, 9.17) is 4.84 Å². The molecule has 0 saturated carbocycles. The van der Waals surface area contributed by atoms with Crippen LogP contribution in [0.15, 0.2) is 5.16 Å². The van der Waals surface area contributed by atoms with E-state index in [1.54, 1.807) is 13.8 Å². The van der Waals surface area contributed by atoms with Crippen LogP contribution in [0.5, 0.6) is 0 Å². The van der Waals surface area contributed by atoms with Crippen molar-refractivity contribution in [3.8, 4) is 0 Å². The van der Waals surface area contributed by atoms with Crippen LogP contribution in [-0.4, -0.2) is 29.8 Å². The van der Waals surface area contributed by atoms with Crippen molar-refractivity contribution >= 4 is 15.8 Å². The van der Waals surface area contributed by atoms with Gasteiger partial charge in [0.2, 0.25) is 0 Å². The minimum absolute atomic E-state index is 0.0413. The minimum Gasteiger partial charge on any atom is -0.389 e. The number of hydrogen-bond donors (Lipinski definition) is 0. The number of alkyl halides is 2. The molecular weight excluding hydrogens is 278 g/mol. The zero-order chi connectivity index (χ0) is 14.4. The SMILES string of the molecule is Cc1nn(C)nc1C(F)(F)S(=O)C1=NOC(C)(C)C1. The van der Waals surface area contributed by atoms with E-state index >= 15 is 0 Å². The first-order valence-electron chi connectivity index (χ1n) is 5.56. The Kier molecular flexibility index (Phi) is 3.20. The molecule has 6 nitrogen and oxygen atoms in total. The summed E-state index contributed by atoms with van der Waals surface area (Å²) in [4.78, 5) is 5.98. The van der Waals surface area contributed by atoms with Crippen LogP contribution >= 0.6 is 0 Å². The summed E-state index contributed by atoms with van der Waals surface area (Å²) in [6, 6.07) is 0. The van der Waals surface area contributed by atoms with E-state index in [0.29, 0.717) is 0 Å². The summed E-state index contributed by atoms with van der Waals surface area (Å²) in [6.45, 7) is 4.77. The maximum absolute atomic E-state index is 14.2. The maximum Gasteiger partial charge on any atom is 0.372 e. The van der Waals surface area contributed by atoms with Gasteiger partial charge in [-0.3, -0.25) is 0 Å². The smallest absolute Gasteiger partial charge is 0.372 e. The van der Waals surface area contributed by atoms with Gasteiger partial charge in [-0.15, -0.1) is 0 Å². The molecule has 1 unspecified atom stereocenters. The van der Waals surface area contributed by atoms with Crippen LogP contribution in [-0.2, 0) is 27.9 Å². The Hall–Kier alpha value is -1.38. The molecule has 2 heterocycles. The first-order valence-corrected chi connectivity index (χ1v) is 6.71. The predicted molar refractivity (Wildman–Crippen MR) is 65.0 cm³/mol. The summed E-state index contributed by atoms with van der Waals surface area (Å²) in [5.74, 6) is 0. The molecule has 1 aromatic heterocycles. The minimum atomic E-state index is -3.64. The lowest BCUT2D eigenvalue weighted by Gasteiger charge is -2.15. The van der Waals surface area contributed by atoms with Crippen molar-refractivity contribution in [3.05, 3.63) is 11.4 Å². The molecule has 1 aliphatic heterocycles. The predicted octanol–water partition coefficient (Wildman–Crippen LogP) is 1.43. The highest BCUT2D eigenvalue weighted by atomic mass is 32.2. The molecular formula is C10H14F2N4O2S. The molecule has 0 aromatic carbocycles. The zero-order valence-corrected chi connectivity index (χ0v) is 11.8. The fourth-order valence-electron chi connectivity index (χ4n) is 1.71. The Morgan fingerprint density at radius 1 is 1.42 bits per heavy atom. The van der Waals surface area contributed by atoms with Gasteiger partial charge in [-0.2, -0.15) is 23.8 Å². The zero-order valence-electron chi connectivity index (χ0n) is 11.0. The van der Waals surface area contributed by atoms with E-state index in [2.05, 4.69) is 15.4 Å². The summed E-state index contributed by atoms with van der Waals surface area (Å²) in [5, 5.41) is 7.01. The molecule has 1 atom stereocenters. The molecule has 2 rings (SSSR count). The second-order valence-electron chi connectivity index (χ2n) is 4.92. The number of hydrogen-bond acceptors (Lipinski definition) is 5. The molecule has 0 bridgehead atoms. The molecule has 19 heavy (non-hydrogen) atoms. The van der Waals surface area contributed by atoms with E-state index in [0.717, 1.165) is 4.80 Å². The van der Waals surface area contributed by atoms with Crippen LogP contribution in [0, 0.1) is 6.92 Å². The molecule has 0 fully saturated rings. The van der Waals surface area contributed by atoms with Gasteiger partial charge in [0.25, 0.3) is 0 Å². The van der Waals surface area contributed by atoms with Crippen molar-refractivity contribution in [1.29, 1.82) is 0 Å². The number of aromatic nitrogens is 3. The van der Waals surface area contributed by atoms with E-state index < -0.39 is 27.3 Å². The maximum atomic E-state index is 14.2. The van der Waals surface area contributed by atoms with Gasteiger partial charge in [0.15, 0.2) is 10.7 Å². The molecule has 9 heteroatoms. The highest BCUT2D eigenvalue weighted by Crippen LogP contribution is 2.36. The second-order valence-corrected chi connectivity index (χ2v) is 6.44. The lowest BCUT2D eigenvalue weighted by atomic mass is 10.1. The van der Waals surface area contributed by atoms with Crippen molar-refractivity contribution in [2.45, 2.75) is 38.0 Å². The first kappa shape index (κ1) is 14.0. The number of oxime groups is 1. The van der Waals surface area contributed by atoms with E-state index in [9.17, 15) is 13.0 Å². The van der Waals surface area contributed by atoms with Crippen molar-refractivity contribution in [1.82, 2.24) is 15.0 Å². The summed E-state index contributed by atoms with van der Waals surface area (Å²) < 4.78 is 40.3. The molecule has 0 spiro atoms. The topological polar surface area (TPSA) is 69.4 Å². The highest BCUT2D eigenvalue weighted by Gasteiger charge is 2.49. The Labute approximate surface area is 111 Å². The fraction of sp³-hybridized carbons (Fsp3) is 0.700. The highest BCUT2D eigenvalue weighted by molar-refractivity contribution is 8.01. The van der Waals surface area contributed by atoms with Crippen LogP contribution in [0.25, 0.3) is 0 Å². The Bertz CT molecular complexity index is 568. The quantitative estimate of drug-likeness (QED) is 0.827. The van der Waals surface area contributed by atoms with Gasteiger partial charge in [0, 0.05) is 13.5 Å². The molecule has 0 N–H and O–H groups in total. The third-order valence-corrected chi connectivity index (χ3v) is 3.88. The van der Waals surface area contributed by atoms with Gasteiger partial charge in [-0.25, -0.2) is 4.21 Å². The Balaban J connectivity index is 2.30. The van der Waals surface area contributed by atoms with Crippen molar-refractivity contribution in [2.24, 2.45) is 12.2 Å². The summed E-state index contributed by atoms with van der Waals surface area (Å²) >= 11 is 0. The third-order valence-electron chi connectivity index (χ3n) is 2.58. The second kappa shape index (κ2) is 4.32. The van der Waals surface area contributed by atoms with Gasteiger partial charge < -0.3 is 4.84 Å².